The molecule has 1 aromatic carbocycles. The van der Waals surface area contributed by atoms with Crippen LogP contribution in [0.4, 0.5) is 0 Å². The fourth-order valence-electron chi connectivity index (χ4n) is 6.06. The first-order chi connectivity index (χ1) is 27.6. The van der Waals surface area contributed by atoms with Crippen LogP contribution in [0.25, 0.3) is 0 Å². The first-order valence-corrected chi connectivity index (χ1v) is 19.0. The van der Waals surface area contributed by atoms with Crippen LogP contribution in [-0.2, 0) is 49.6 Å². The number of carbonyl (C=O) groups excluding carboxylic acids is 8. The number of aromatic hydroxyl groups is 1. The van der Waals surface area contributed by atoms with Gasteiger partial charge in [-0.05, 0) is 55.7 Å². The second-order valence-corrected chi connectivity index (χ2v) is 14.9. The maximum absolute atomic E-state index is 13.8. The Bertz CT molecular complexity index is 1690. The monoisotopic (exact) mass is 835 g/mol. The number of phenolic OH excluding ortho intramolecular Hbond substituents is 1. The molecular formula is C37H57N9O13. The van der Waals surface area contributed by atoms with Crippen molar-refractivity contribution < 1.29 is 63.6 Å². The first-order valence-electron chi connectivity index (χ1n) is 19.0. The maximum atomic E-state index is 13.8. The lowest BCUT2D eigenvalue weighted by Gasteiger charge is -2.32. The normalized spacial score (nSPS) is 17.3. The second-order valence-electron chi connectivity index (χ2n) is 14.9. The highest BCUT2D eigenvalue weighted by Gasteiger charge is 2.41. The highest BCUT2D eigenvalue weighted by molar-refractivity contribution is 5.98. The molecule has 1 heterocycles. The summed E-state index contributed by atoms with van der Waals surface area (Å²) < 4.78 is 0. The largest absolute Gasteiger partial charge is 0.508 e. The van der Waals surface area contributed by atoms with Crippen LogP contribution >= 0.6 is 0 Å². The number of nitrogens with two attached hydrogens (primary N) is 2. The minimum Gasteiger partial charge on any atom is -0.508 e. The summed E-state index contributed by atoms with van der Waals surface area (Å²) in [5.41, 5.74) is 12.1. The van der Waals surface area contributed by atoms with Crippen molar-refractivity contribution in [2.75, 3.05) is 19.7 Å². The number of carbonyl (C=O) groups is 9. The van der Waals surface area contributed by atoms with Crippen molar-refractivity contribution in [2.24, 2.45) is 23.3 Å². The number of hydrogen-bond acceptors (Lipinski definition) is 13. The average molecular weight is 836 g/mol. The van der Waals surface area contributed by atoms with Crippen LogP contribution in [0.5, 0.6) is 5.75 Å². The van der Waals surface area contributed by atoms with Crippen molar-refractivity contribution in [3.63, 3.8) is 0 Å². The standard InChI is InChI=1S/C37H57N9O13/c1-17(2)28(34(55)40-15-27(51)41-24(16-47)37(58)59)43-32(53)23(14-26(39)50)42-35(56)30(19(5)48)45-33(54)25-7-6-12-46(25)36(57)29(18(3)4)44-31(52)22(38)13-20-8-10-21(49)11-9-20/h8-11,17-19,22-25,28-30,47-49H,6-7,12-16,38H2,1-5H3,(H2,39,50)(H,40,55)(H,41,51)(H,42,56)(H,43,53)(H,44,52)(H,45,54)(H,58,59)/t19-,22+,23+,24+,25+,28+,29+,30+/m1/s1. The van der Waals surface area contributed by atoms with Gasteiger partial charge in [0.15, 0.2) is 0 Å². The van der Waals surface area contributed by atoms with Gasteiger partial charge in [0.2, 0.25) is 47.3 Å². The van der Waals surface area contributed by atoms with Gasteiger partial charge in [-0.2, -0.15) is 0 Å². The molecule has 59 heavy (non-hydrogen) atoms. The third-order valence-corrected chi connectivity index (χ3v) is 9.38. The Labute approximate surface area is 340 Å². The molecule has 2 rings (SSSR count). The van der Waals surface area contributed by atoms with E-state index in [1.54, 1.807) is 26.0 Å². The van der Waals surface area contributed by atoms with Crippen molar-refractivity contribution >= 4 is 53.2 Å². The predicted molar refractivity (Wildman–Crippen MR) is 207 cm³/mol. The van der Waals surface area contributed by atoms with Crippen molar-refractivity contribution in [3.05, 3.63) is 29.8 Å². The zero-order valence-corrected chi connectivity index (χ0v) is 33.6. The van der Waals surface area contributed by atoms with E-state index in [4.69, 9.17) is 21.7 Å². The molecule has 22 nitrogen and oxygen atoms in total. The molecule has 1 fully saturated rings. The van der Waals surface area contributed by atoms with E-state index >= 15 is 0 Å². The SMILES string of the molecule is CC(C)[C@H](NC(=O)[C@H](CC(N)=O)NC(=O)[C@@H](NC(=O)[C@@H]1CCCN1C(=O)[C@@H](NC(=O)[C@@H](N)Cc1ccc(O)cc1)C(C)C)[C@@H](C)O)C(=O)NCC(=O)N[C@@H](CO)C(=O)O. The molecule has 0 spiro atoms. The number of carboxylic acids is 1. The summed E-state index contributed by atoms with van der Waals surface area (Å²) in [6.07, 6.45) is -1.69. The zero-order valence-electron chi connectivity index (χ0n) is 33.6. The molecule has 8 amide bonds. The Hall–Kier alpha value is -5.87. The summed E-state index contributed by atoms with van der Waals surface area (Å²) in [6.45, 7) is 6.10. The Balaban J connectivity index is 2.15. The zero-order chi connectivity index (χ0) is 44.7. The molecular weight excluding hydrogens is 778 g/mol. The van der Waals surface area contributed by atoms with Gasteiger partial charge in [-0.25, -0.2) is 4.79 Å². The molecule has 0 saturated carbocycles. The minimum absolute atomic E-state index is 0.0413. The van der Waals surface area contributed by atoms with Crippen LogP contribution in [0.2, 0.25) is 0 Å². The molecule has 0 bridgehead atoms. The number of aliphatic carboxylic acids is 1. The van der Waals surface area contributed by atoms with E-state index in [1.165, 1.54) is 37.8 Å². The number of nitrogens with zero attached hydrogens (tertiary/aromatic N) is 1. The van der Waals surface area contributed by atoms with Gasteiger partial charge in [0.05, 0.1) is 31.7 Å². The highest BCUT2D eigenvalue weighted by atomic mass is 16.4. The molecule has 0 aromatic heterocycles. The second kappa shape index (κ2) is 22.9. The summed E-state index contributed by atoms with van der Waals surface area (Å²) in [7, 11) is 0. The van der Waals surface area contributed by atoms with Crippen molar-refractivity contribution in [1.29, 1.82) is 0 Å². The van der Waals surface area contributed by atoms with E-state index in [1.807, 2.05) is 5.32 Å². The number of carboxylic acid groups (broad SMARTS) is 1. The van der Waals surface area contributed by atoms with Crippen LogP contribution in [0, 0.1) is 11.8 Å². The number of primary amides is 1. The van der Waals surface area contributed by atoms with Gasteiger partial charge in [0, 0.05) is 6.54 Å². The molecule has 8 atom stereocenters. The van der Waals surface area contributed by atoms with E-state index in [0.29, 0.717) is 12.0 Å². The van der Waals surface area contributed by atoms with Gasteiger partial charge >= 0.3 is 5.97 Å². The molecule has 1 saturated heterocycles. The lowest BCUT2D eigenvalue weighted by atomic mass is 10.00. The molecule has 0 radical (unpaired) electrons. The van der Waals surface area contributed by atoms with Crippen LogP contribution in [0.3, 0.4) is 0 Å². The van der Waals surface area contributed by atoms with Crippen LogP contribution in [0.1, 0.15) is 59.4 Å². The van der Waals surface area contributed by atoms with Crippen molar-refractivity contribution in [3.8, 4) is 5.75 Å². The predicted octanol–water partition coefficient (Wildman–Crippen LogP) is -4.56. The van der Waals surface area contributed by atoms with Gasteiger partial charge < -0.3 is 68.7 Å². The molecule has 1 aliphatic rings. The number of aliphatic hydroxyl groups is 2. The lowest BCUT2D eigenvalue weighted by molar-refractivity contribution is -0.143. The highest BCUT2D eigenvalue weighted by Crippen LogP contribution is 2.21. The van der Waals surface area contributed by atoms with Gasteiger partial charge in [-0.1, -0.05) is 39.8 Å². The van der Waals surface area contributed by atoms with Gasteiger partial charge in [-0.15, -0.1) is 0 Å². The molecule has 14 N–H and O–H groups in total. The molecule has 0 unspecified atom stereocenters. The number of benzene rings is 1. The van der Waals surface area contributed by atoms with Gasteiger partial charge in [0.25, 0.3) is 0 Å². The first kappa shape index (κ1) is 49.3. The number of nitrogens with one attached hydrogen (secondary N) is 6. The molecule has 1 aromatic rings. The average Bonchev–Trinajstić information content (AvgIpc) is 3.66. The fraction of sp³-hybridized carbons (Fsp3) is 0.595. The summed E-state index contributed by atoms with van der Waals surface area (Å²) in [4.78, 5) is 117. The number of likely N-dealkylation sites (tertiary alicyclic amines) is 1. The summed E-state index contributed by atoms with van der Waals surface area (Å²) in [6, 6.07) is -3.59. The number of amides is 8. The molecule has 328 valence electrons. The van der Waals surface area contributed by atoms with E-state index in [-0.39, 0.29) is 25.1 Å². The summed E-state index contributed by atoms with van der Waals surface area (Å²) >= 11 is 0. The smallest absolute Gasteiger partial charge is 0.328 e. The minimum atomic E-state index is -1.73. The number of aliphatic hydroxyl groups excluding tert-OH is 2. The third kappa shape index (κ3) is 15.1. The van der Waals surface area contributed by atoms with Crippen molar-refractivity contribution in [2.45, 2.75) is 109 Å². The van der Waals surface area contributed by atoms with E-state index in [0.717, 1.165) is 0 Å². The molecule has 0 aliphatic carbocycles. The Kier molecular flexibility index (Phi) is 19.1. The topological polar surface area (TPSA) is 362 Å². The molecule has 22 heteroatoms. The molecule has 1 aliphatic heterocycles. The summed E-state index contributed by atoms with van der Waals surface area (Å²) in [5, 5.41) is 52.1. The van der Waals surface area contributed by atoms with E-state index in [2.05, 4.69) is 26.6 Å². The van der Waals surface area contributed by atoms with Crippen molar-refractivity contribution in [1.82, 2.24) is 36.8 Å². The number of rotatable bonds is 22. The van der Waals surface area contributed by atoms with E-state index < -0.39 is 133 Å². The summed E-state index contributed by atoms with van der Waals surface area (Å²) in [5.74, 6) is -9.69. The van der Waals surface area contributed by atoms with Gasteiger partial charge in [0.1, 0.15) is 42.0 Å². The van der Waals surface area contributed by atoms with Crippen LogP contribution in [-0.4, -0.2) is 147 Å². The Morgan fingerprint density at radius 1 is 0.780 bits per heavy atom. The third-order valence-electron chi connectivity index (χ3n) is 9.38. The number of hydrogen-bond donors (Lipinski definition) is 12. The van der Waals surface area contributed by atoms with Crippen LogP contribution < -0.4 is 43.4 Å². The quantitative estimate of drug-likeness (QED) is 0.0524. The Morgan fingerprint density at radius 2 is 1.37 bits per heavy atom. The Morgan fingerprint density at radius 3 is 1.90 bits per heavy atom. The maximum Gasteiger partial charge on any atom is 0.328 e. The fourth-order valence-corrected chi connectivity index (χ4v) is 6.06. The van der Waals surface area contributed by atoms with E-state index in [9.17, 15) is 53.4 Å². The van der Waals surface area contributed by atoms with Gasteiger partial charge in [-0.3, -0.25) is 38.4 Å². The number of phenols is 1. The van der Waals surface area contributed by atoms with Crippen LogP contribution in [0.15, 0.2) is 24.3 Å². The lowest BCUT2D eigenvalue weighted by Crippen LogP contribution is -2.62.